The van der Waals surface area contributed by atoms with E-state index >= 15 is 0 Å². The molecule has 2 aromatic rings. The van der Waals surface area contributed by atoms with E-state index in [4.69, 9.17) is 11.6 Å². The summed E-state index contributed by atoms with van der Waals surface area (Å²) < 4.78 is 26.8. The standard InChI is InChI=1S/C11H12ClNO3S3/c1-7-4-5-17-11(7)8(14)6-13-19(15,16)10-3-2-9(12)18-10/h2-5,8,13-14H,6H2,1H3. The molecule has 104 valence electrons. The number of aliphatic hydroxyl groups is 1. The van der Waals surface area contributed by atoms with Gasteiger partial charge in [-0.05, 0) is 36.1 Å². The van der Waals surface area contributed by atoms with Crippen LogP contribution in [0.15, 0.2) is 27.8 Å². The Morgan fingerprint density at radius 1 is 1.42 bits per heavy atom. The third-order valence-corrected chi connectivity index (χ3v) is 6.75. The van der Waals surface area contributed by atoms with Gasteiger partial charge < -0.3 is 5.11 Å². The lowest BCUT2D eigenvalue weighted by molar-refractivity contribution is 0.185. The molecule has 0 aliphatic rings. The fourth-order valence-corrected chi connectivity index (χ4v) is 5.00. The number of aryl methyl sites for hydroxylation is 1. The molecule has 0 amide bonds. The zero-order valence-corrected chi connectivity index (χ0v) is 13.2. The normalized spacial score (nSPS) is 13.6. The molecule has 2 rings (SSSR count). The van der Waals surface area contributed by atoms with Crippen molar-refractivity contribution in [2.24, 2.45) is 0 Å². The van der Waals surface area contributed by atoms with Crippen molar-refractivity contribution < 1.29 is 13.5 Å². The molecular formula is C11H12ClNO3S3. The molecule has 0 spiro atoms. The van der Waals surface area contributed by atoms with E-state index in [0.29, 0.717) is 4.34 Å². The predicted octanol–water partition coefficient (Wildman–Crippen LogP) is 2.78. The lowest BCUT2D eigenvalue weighted by Gasteiger charge is -2.11. The van der Waals surface area contributed by atoms with Crippen LogP contribution in [0.2, 0.25) is 4.34 Å². The summed E-state index contributed by atoms with van der Waals surface area (Å²) in [4.78, 5) is 0.770. The number of halogens is 1. The van der Waals surface area contributed by atoms with E-state index in [1.165, 1.54) is 23.5 Å². The van der Waals surface area contributed by atoms with Crippen LogP contribution in [0.25, 0.3) is 0 Å². The SMILES string of the molecule is Cc1ccsc1C(O)CNS(=O)(=O)c1ccc(Cl)s1. The number of rotatable bonds is 5. The van der Waals surface area contributed by atoms with Crippen LogP contribution in [0, 0.1) is 6.92 Å². The van der Waals surface area contributed by atoms with Gasteiger partial charge in [-0.15, -0.1) is 22.7 Å². The summed E-state index contributed by atoms with van der Waals surface area (Å²) in [5.41, 5.74) is 0.955. The summed E-state index contributed by atoms with van der Waals surface area (Å²) in [6, 6.07) is 4.86. The molecule has 0 saturated carbocycles. The maximum absolute atomic E-state index is 11.9. The molecule has 0 aliphatic heterocycles. The molecule has 2 heterocycles. The van der Waals surface area contributed by atoms with E-state index < -0.39 is 16.1 Å². The minimum atomic E-state index is -3.61. The summed E-state index contributed by atoms with van der Waals surface area (Å²) in [7, 11) is -3.61. The second kappa shape index (κ2) is 5.90. The summed E-state index contributed by atoms with van der Waals surface area (Å²) in [5, 5.41) is 11.8. The first kappa shape index (κ1) is 15.0. The van der Waals surface area contributed by atoms with Crippen LogP contribution in [0.3, 0.4) is 0 Å². The van der Waals surface area contributed by atoms with Gasteiger partial charge in [0.15, 0.2) is 0 Å². The Morgan fingerprint density at radius 2 is 2.16 bits per heavy atom. The van der Waals surface area contributed by atoms with Gasteiger partial charge in [0.2, 0.25) is 10.0 Å². The van der Waals surface area contributed by atoms with E-state index in [1.54, 1.807) is 0 Å². The highest BCUT2D eigenvalue weighted by molar-refractivity contribution is 7.91. The Kier molecular flexibility index (Phi) is 4.65. The van der Waals surface area contributed by atoms with E-state index in [0.717, 1.165) is 21.8 Å². The molecule has 0 fully saturated rings. The van der Waals surface area contributed by atoms with Gasteiger partial charge in [-0.3, -0.25) is 0 Å². The molecule has 4 nitrogen and oxygen atoms in total. The number of aliphatic hydroxyl groups excluding tert-OH is 1. The third kappa shape index (κ3) is 3.56. The van der Waals surface area contributed by atoms with E-state index in [-0.39, 0.29) is 10.8 Å². The average Bonchev–Trinajstić information content (AvgIpc) is 2.95. The zero-order chi connectivity index (χ0) is 14.0. The molecule has 0 aliphatic carbocycles. The zero-order valence-electron chi connectivity index (χ0n) is 9.96. The third-order valence-electron chi connectivity index (χ3n) is 2.48. The van der Waals surface area contributed by atoms with Crippen molar-refractivity contribution in [2.45, 2.75) is 17.2 Å². The fourth-order valence-electron chi connectivity index (χ4n) is 1.52. The summed E-state index contributed by atoms with van der Waals surface area (Å²) in [5.74, 6) is 0. The Morgan fingerprint density at radius 3 is 2.68 bits per heavy atom. The van der Waals surface area contributed by atoms with Crippen LogP contribution in [0.5, 0.6) is 0 Å². The molecule has 0 radical (unpaired) electrons. The second-order valence-corrected chi connectivity index (χ2v) is 8.55. The smallest absolute Gasteiger partial charge is 0.250 e. The summed E-state index contributed by atoms with van der Waals surface area (Å²) in [6.07, 6.45) is -0.842. The molecular weight excluding hydrogens is 326 g/mol. The first-order valence-electron chi connectivity index (χ1n) is 5.37. The van der Waals surface area contributed by atoms with Crippen molar-refractivity contribution >= 4 is 44.3 Å². The number of nitrogens with one attached hydrogen (secondary N) is 1. The van der Waals surface area contributed by atoms with Gasteiger partial charge in [0.25, 0.3) is 0 Å². The Hall–Kier alpha value is -0.440. The quantitative estimate of drug-likeness (QED) is 0.881. The van der Waals surface area contributed by atoms with Crippen LogP contribution in [0.4, 0.5) is 0 Å². The van der Waals surface area contributed by atoms with E-state index in [2.05, 4.69) is 4.72 Å². The number of thiophene rings is 2. The number of hydrogen-bond acceptors (Lipinski definition) is 5. The molecule has 19 heavy (non-hydrogen) atoms. The van der Waals surface area contributed by atoms with E-state index in [9.17, 15) is 13.5 Å². The van der Waals surface area contributed by atoms with Gasteiger partial charge >= 0.3 is 0 Å². The molecule has 1 unspecified atom stereocenters. The second-order valence-electron chi connectivity index (χ2n) is 3.89. The van der Waals surface area contributed by atoms with Crippen molar-refractivity contribution in [3.8, 4) is 0 Å². The first-order valence-corrected chi connectivity index (χ1v) is 8.93. The molecule has 0 saturated heterocycles. The van der Waals surface area contributed by atoms with Crippen LogP contribution in [-0.2, 0) is 10.0 Å². The van der Waals surface area contributed by atoms with Crippen molar-refractivity contribution in [3.05, 3.63) is 38.4 Å². The van der Waals surface area contributed by atoms with Crippen LogP contribution in [-0.4, -0.2) is 20.1 Å². The Labute approximate surface area is 124 Å². The van der Waals surface area contributed by atoms with Crippen molar-refractivity contribution in [1.82, 2.24) is 4.72 Å². The first-order chi connectivity index (χ1) is 8.90. The number of sulfonamides is 1. The highest BCUT2D eigenvalue weighted by Crippen LogP contribution is 2.26. The maximum Gasteiger partial charge on any atom is 0.250 e. The maximum atomic E-state index is 11.9. The summed E-state index contributed by atoms with van der Waals surface area (Å²) >= 11 is 8.10. The van der Waals surface area contributed by atoms with Gasteiger partial charge in [-0.25, -0.2) is 13.1 Å². The van der Waals surface area contributed by atoms with Crippen LogP contribution in [0.1, 0.15) is 16.5 Å². The van der Waals surface area contributed by atoms with Crippen molar-refractivity contribution in [3.63, 3.8) is 0 Å². The fraction of sp³-hybridized carbons (Fsp3) is 0.273. The monoisotopic (exact) mass is 337 g/mol. The minimum absolute atomic E-state index is 0.0563. The van der Waals surface area contributed by atoms with Gasteiger partial charge in [0.1, 0.15) is 10.3 Å². The van der Waals surface area contributed by atoms with Gasteiger partial charge in [-0.2, -0.15) is 0 Å². The highest BCUT2D eigenvalue weighted by Gasteiger charge is 2.19. The molecule has 0 bridgehead atoms. The topological polar surface area (TPSA) is 66.4 Å². The highest BCUT2D eigenvalue weighted by atomic mass is 35.5. The Balaban J connectivity index is 2.04. The van der Waals surface area contributed by atoms with E-state index in [1.807, 2.05) is 18.4 Å². The Bertz CT molecular complexity index is 662. The summed E-state index contributed by atoms with van der Waals surface area (Å²) in [6.45, 7) is 1.82. The van der Waals surface area contributed by atoms with Gasteiger partial charge in [0, 0.05) is 11.4 Å². The molecule has 2 N–H and O–H groups in total. The molecule has 8 heteroatoms. The van der Waals surface area contributed by atoms with Crippen molar-refractivity contribution in [1.29, 1.82) is 0 Å². The molecule has 2 aromatic heterocycles. The number of hydrogen-bond donors (Lipinski definition) is 2. The predicted molar refractivity (Wildman–Crippen MR) is 78.5 cm³/mol. The lowest BCUT2D eigenvalue weighted by atomic mass is 10.2. The average molecular weight is 338 g/mol. The molecule has 1 atom stereocenters. The van der Waals surface area contributed by atoms with Crippen LogP contribution < -0.4 is 4.72 Å². The molecule has 0 aromatic carbocycles. The van der Waals surface area contributed by atoms with Crippen LogP contribution >= 0.6 is 34.3 Å². The lowest BCUT2D eigenvalue weighted by Crippen LogP contribution is -2.27. The largest absolute Gasteiger partial charge is 0.386 e. The van der Waals surface area contributed by atoms with Gasteiger partial charge in [-0.1, -0.05) is 11.6 Å². The van der Waals surface area contributed by atoms with Gasteiger partial charge in [0.05, 0.1) is 4.34 Å². The minimum Gasteiger partial charge on any atom is -0.386 e. The van der Waals surface area contributed by atoms with Crippen molar-refractivity contribution in [2.75, 3.05) is 6.54 Å².